The van der Waals surface area contributed by atoms with E-state index in [1.807, 2.05) is 38.2 Å². The second kappa shape index (κ2) is 7.72. The Morgan fingerprint density at radius 3 is 2.76 bits per heavy atom. The van der Waals surface area contributed by atoms with Gasteiger partial charge in [0.05, 0.1) is 0 Å². The van der Waals surface area contributed by atoms with Gasteiger partial charge in [-0.25, -0.2) is 9.97 Å². The summed E-state index contributed by atoms with van der Waals surface area (Å²) in [6.07, 6.45) is 4.73. The van der Waals surface area contributed by atoms with Crippen molar-refractivity contribution in [3.05, 3.63) is 74.9 Å². The number of aromatic amines is 1. The first kappa shape index (κ1) is 19.2. The second-order valence-electron chi connectivity index (χ2n) is 7.16. The molecule has 3 heterocycles. The van der Waals surface area contributed by atoms with Crippen LogP contribution in [0.4, 0.5) is 5.82 Å². The van der Waals surface area contributed by atoms with Gasteiger partial charge in [0.1, 0.15) is 11.6 Å². The molecule has 4 aromatic rings. The van der Waals surface area contributed by atoms with Crippen molar-refractivity contribution in [2.45, 2.75) is 20.3 Å². The lowest BCUT2D eigenvalue weighted by Gasteiger charge is -2.07. The van der Waals surface area contributed by atoms with Gasteiger partial charge >= 0.3 is 0 Å². The minimum atomic E-state index is -0.119. The fourth-order valence-electron chi connectivity index (χ4n) is 3.39. The molecule has 148 valence electrons. The Labute approximate surface area is 173 Å². The van der Waals surface area contributed by atoms with E-state index in [2.05, 4.69) is 37.1 Å². The number of benzene rings is 1. The van der Waals surface area contributed by atoms with E-state index in [-0.39, 0.29) is 5.56 Å². The molecular formula is C22H22ClN5O. The molecule has 4 rings (SSSR count). The number of hydrogen-bond acceptors (Lipinski definition) is 4. The van der Waals surface area contributed by atoms with Gasteiger partial charge in [0.2, 0.25) is 0 Å². The third kappa shape index (κ3) is 3.89. The first-order valence-corrected chi connectivity index (χ1v) is 9.81. The molecule has 0 atom stereocenters. The maximum atomic E-state index is 12.0. The smallest absolute Gasteiger partial charge is 0.254 e. The van der Waals surface area contributed by atoms with Gasteiger partial charge < -0.3 is 14.9 Å². The second-order valence-corrected chi connectivity index (χ2v) is 7.60. The Morgan fingerprint density at radius 1 is 1.21 bits per heavy atom. The van der Waals surface area contributed by atoms with Crippen LogP contribution in [0.25, 0.3) is 22.3 Å². The van der Waals surface area contributed by atoms with E-state index in [1.54, 1.807) is 13.1 Å². The molecule has 0 amide bonds. The van der Waals surface area contributed by atoms with Gasteiger partial charge in [-0.05, 0) is 50.1 Å². The molecule has 29 heavy (non-hydrogen) atoms. The topological polar surface area (TPSA) is 75.6 Å². The van der Waals surface area contributed by atoms with E-state index in [1.165, 1.54) is 10.9 Å². The Bertz CT molecular complexity index is 1240. The molecule has 0 aliphatic heterocycles. The van der Waals surface area contributed by atoms with Crippen LogP contribution in [0.3, 0.4) is 0 Å². The van der Waals surface area contributed by atoms with E-state index < -0.39 is 0 Å². The standard InChI is InChI=1S/C22H22ClN5O/c1-13-14(2)26-21(27-22(13)29)15-4-7-20(25-11-15)24-9-8-16-12-28(3)19-10-17(23)5-6-18(16)19/h4-7,10-12H,8-9H2,1-3H3,(H,24,25)(H,26,27,29). The van der Waals surface area contributed by atoms with E-state index in [9.17, 15) is 4.79 Å². The minimum Gasteiger partial charge on any atom is -0.370 e. The maximum absolute atomic E-state index is 12.0. The molecule has 0 spiro atoms. The molecule has 0 radical (unpaired) electrons. The number of fused-ring (bicyclic) bond motifs is 1. The highest BCUT2D eigenvalue weighted by Gasteiger charge is 2.08. The summed E-state index contributed by atoms with van der Waals surface area (Å²) >= 11 is 6.11. The number of nitrogens with one attached hydrogen (secondary N) is 2. The van der Waals surface area contributed by atoms with E-state index in [0.717, 1.165) is 40.6 Å². The minimum absolute atomic E-state index is 0.119. The van der Waals surface area contributed by atoms with Crippen molar-refractivity contribution in [2.24, 2.45) is 7.05 Å². The van der Waals surface area contributed by atoms with Crippen LogP contribution in [0.5, 0.6) is 0 Å². The summed E-state index contributed by atoms with van der Waals surface area (Å²) in [5.74, 6) is 1.31. The third-order valence-electron chi connectivity index (χ3n) is 5.17. The van der Waals surface area contributed by atoms with E-state index in [0.29, 0.717) is 11.4 Å². The SMILES string of the molecule is Cc1nc(-c2ccc(NCCc3cn(C)c4cc(Cl)ccc34)nc2)[nH]c(=O)c1C. The summed E-state index contributed by atoms with van der Waals surface area (Å²) in [5, 5.41) is 5.31. The Balaban J connectivity index is 1.44. The molecule has 0 saturated heterocycles. The number of halogens is 1. The Hall–Kier alpha value is -3.12. The molecule has 0 unspecified atom stereocenters. The molecule has 0 saturated carbocycles. The zero-order valence-electron chi connectivity index (χ0n) is 16.6. The van der Waals surface area contributed by atoms with Crippen LogP contribution in [0.15, 0.2) is 47.5 Å². The van der Waals surface area contributed by atoms with Crippen LogP contribution in [0.1, 0.15) is 16.8 Å². The number of rotatable bonds is 5. The lowest BCUT2D eigenvalue weighted by molar-refractivity contribution is 0.941. The summed E-state index contributed by atoms with van der Waals surface area (Å²) in [6, 6.07) is 9.78. The van der Waals surface area contributed by atoms with Gasteiger partial charge in [-0.15, -0.1) is 0 Å². The molecule has 3 aromatic heterocycles. The zero-order valence-corrected chi connectivity index (χ0v) is 17.3. The number of hydrogen-bond donors (Lipinski definition) is 2. The highest BCUT2D eigenvalue weighted by Crippen LogP contribution is 2.24. The van der Waals surface area contributed by atoms with Crippen molar-refractivity contribution in [1.82, 2.24) is 19.5 Å². The van der Waals surface area contributed by atoms with Crippen molar-refractivity contribution in [2.75, 3.05) is 11.9 Å². The van der Waals surface area contributed by atoms with Crippen LogP contribution in [0, 0.1) is 13.8 Å². The number of pyridine rings is 1. The lowest BCUT2D eigenvalue weighted by atomic mass is 10.1. The van der Waals surface area contributed by atoms with Crippen LogP contribution in [0.2, 0.25) is 5.02 Å². The first-order valence-electron chi connectivity index (χ1n) is 9.43. The normalized spacial score (nSPS) is 11.2. The van der Waals surface area contributed by atoms with Gasteiger partial charge in [-0.2, -0.15) is 0 Å². The fourth-order valence-corrected chi connectivity index (χ4v) is 3.55. The fraction of sp³-hybridized carbons (Fsp3) is 0.227. The van der Waals surface area contributed by atoms with E-state index in [4.69, 9.17) is 11.6 Å². The van der Waals surface area contributed by atoms with Crippen molar-refractivity contribution in [3.8, 4) is 11.4 Å². The summed E-state index contributed by atoms with van der Waals surface area (Å²) in [4.78, 5) is 23.7. The molecule has 2 N–H and O–H groups in total. The molecule has 0 aliphatic rings. The summed E-state index contributed by atoms with van der Waals surface area (Å²) in [6.45, 7) is 4.35. The van der Waals surface area contributed by atoms with Crippen molar-refractivity contribution >= 4 is 28.3 Å². The summed E-state index contributed by atoms with van der Waals surface area (Å²) < 4.78 is 2.10. The van der Waals surface area contributed by atoms with E-state index >= 15 is 0 Å². The van der Waals surface area contributed by atoms with Gasteiger partial charge in [-0.3, -0.25) is 4.79 Å². The summed E-state index contributed by atoms with van der Waals surface area (Å²) in [5.41, 5.74) is 4.41. The van der Waals surface area contributed by atoms with Gasteiger partial charge in [-0.1, -0.05) is 17.7 Å². The predicted octanol–water partition coefficient (Wildman–Crippen LogP) is 4.25. The van der Waals surface area contributed by atoms with Crippen molar-refractivity contribution < 1.29 is 0 Å². The number of H-pyrrole nitrogens is 1. The molecule has 7 heteroatoms. The zero-order chi connectivity index (χ0) is 20.5. The number of nitrogens with zero attached hydrogens (tertiary/aromatic N) is 3. The Kier molecular flexibility index (Phi) is 5.11. The number of aryl methyl sites for hydroxylation is 2. The monoisotopic (exact) mass is 407 g/mol. The average Bonchev–Trinajstić information content (AvgIpc) is 3.01. The first-order chi connectivity index (χ1) is 13.9. The number of anilines is 1. The highest BCUT2D eigenvalue weighted by molar-refractivity contribution is 6.31. The summed E-state index contributed by atoms with van der Waals surface area (Å²) in [7, 11) is 2.03. The number of aromatic nitrogens is 4. The molecule has 1 aromatic carbocycles. The van der Waals surface area contributed by atoms with Crippen LogP contribution in [-0.4, -0.2) is 26.1 Å². The van der Waals surface area contributed by atoms with Crippen LogP contribution >= 0.6 is 11.6 Å². The van der Waals surface area contributed by atoms with Gasteiger partial charge in [0, 0.05) is 58.7 Å². The van der Waals surface area contributed by atoms with Gasteiger partial charge in [0.25, 0.3) is 5.56 Å². The van der Waals surface area contributed by atoms with Gasteiger partial charge in [0.15, 0.2) is 0 Å². The van der Waals surface area contributed by atoms with Crippen LogP contribution < -0.4 is 10.9 Å². The predicted molar refractivity (Wildman–Crippen MR) is 118 cm³/mol. The molecule has 0 aliphatic carbocycles. The third-order valence-corrected chi connectivity index (χ3v) is 5.40. The molecule has 6 nitrogen and oxygen atoms in total. The molecule has 0 fully saturated rings. The largest absolute Gasteiger partial charge is 0.370 e. The quantitative estimate of drug-likeness (QED) is 0.518. The van der Waals surface area contributed by atoms with Crippen molar-refractivity contribution in [1.29, 1.82) is 0 Å². The Morgan fingerprint density at radius 2 is 2.03 bits per heavy atom. The highest BCUT2D eigenvalue weighted by atomic mass is 35.5. The lowest BCUT2D eigenvalue weighted by Crippen LogP contribution is -2.14. The van der Waals surface area contributed by atoms with Crippen LogP contribution in [-0.2, 0) is 13.5 Å². The molecule has 0 bridgehead atoms. The molecular weight excluding hydrogens is 386 g/mol. The average molecular weight is 408 g/mol. The van der Waals surface area contributed by atoms with Crippen molar-refractivity contribution in [3.63, 3.8) is 0 Å². The maximum Gasteiger partial charge on any atom is 0.254 e.